The largest absolute Gasteiger partial charge is 0.394 e. The summed E-state index contributed by atoms with van der Waals surface area (Å²) in [4.78, 5) is 0. The van der Waals surface area contributed by atoms with Gasteiger partial charge in [-0.25, -0.2) is 0 Å². The van der Waals surface area contributed by atoms with E-state index in [2.05, 4.69) is 6.92 Å². The number of aliphatic hydroxyl groups excluding tert-OH is 2. The third kappa shape index (κ3) is 2.45. The molecule has 0 aromatic rings. The van der Waals surface area contributed by atoms with Crippen molar-refractivity contribution in [3.05, 3.63) is 23.8 Å². The molecule has 1 spiro atoms. The predicted octanol–water partition coefficient (Wildman–Crippen LogP) is 1.14. The maximum atomic E-state index is 10.2. The van der Waals surface area contributed by atoms with Gasteiger partial charge in [0.05, 0.1) is 19.3 Å². The van der Waals surface area contributed by atoms with Crippen molar-refractivity contribution in [3.8, 4) is 0 Å². The smallest absolute Gasteiger partial charge is 0.199 e. The molecule has 2 aliphatic rings. The molecule has 96 valence electrons. The third-order valence-electron chi connectivity index (χ3n) is 3.32. The number of hydrogen-bond donors (Lipinski definition) is 2. The minimum absolute atomic E-state index is 0.0212. The molecule has 0 unspecified atom stereocenters. The molecule has 0 radical (unpaired) electrons. The van der Waals surface area contributed by atoms with Crippen LogP contribution in [0, 0.1) is 0 Å². The van der Waals surface area contributed by atoms with Crippen LogP contribution in [0.25, 0.3) is 0 Å². The number of rotatable bonds is 3. The minimum Gasteiger partial charge on any atom is -0.394 e. The summed E-state index contributed by atoms with van der Waals surface area (Å²) in [6.07, 6.45) is 7.24. The zero-order valence-corrected chi connectivity index (χ0v) is 10.1. The van der Waals surface area contributed by atoms with E-state index < -0.39 is 11.9 Å². The van der Waals surface area contributed by atoms with Gasteiger partial charge in [-0.1, -0.05) is 25.2 Å². The molecule has 2 N–H and O–H groups in total. The van der Waals surface area contributed by atoms with Gasteiger partial charge in [0.25, 0.3) is 0 Å². The lowest BCUT2D eigenvalue weighted by Gasteiger charge is -2.26. The van der Waals surface area contributed by atoms with E-state index in [4.69, 9.17) is 14.6 Å². The first-order valence-corrected chi connectivity index (χ1v) is 6.18. The van der Waals surface area contributed by atoms with Gasteiger partial charge in [0.1, 0.15) is 6.10 Å². The topological polar surface area (TPSA) is 58.9 Å². The first-order valence-electron chi connectivity index (χ1n) is 6.18. The van der Waals surface area contributed by atoms with Crippen LogP contribution in [0.3, 0.4) is 0 Å². The van der Waals surface area contributed by atoms with Crippen molar-refractivity contribution in [1.29, 1.82) is 0 Å². The Morgan fingerprint density at radius 2 is 2.35 bits per heavy atom. The Balaban J connectivity index is 2.05. The van der Waals surface area contributed by atoms with Gasteiger partial charge in [-0.05, 0) is 18.4 Å². The molecule has 3 atom stereocenters. The lowest BCUT2D eigenvalue weighted by Crippen LogP contribution is -2.40. The standard InChI is InChI=1S/C13H20O4/c1-2-3-4-5-10-9-16-13(12(10)15)7-6-11(8-14)17-13/h3-5,11-12,14-15H,2,6-9H2,1H3/b4-3+,10-5-/t11-,12+,13+/m0/s1. The minimum atomic E-state index is -0.917. The van der Waals surface area contributed by atoms with Crippen LogP contribution in [0.1, 0.15) is 26.2 Å². The molecule has 0 amide bonds. The van der Waals surface area contributed by atoms with E-state index >= 15 is 0 Å². The molecule has 0 aromatic carbocycles. The molecule has 0 aromatic heterocycles. The Morgan fingerprint density at radius 3 is 3.00 bits per heavy atom. The predicted molar refractivity (Wildman–Crippen MR) is 63.4 cm³/mol. The monoisotopic (exact) mass is 240 g/mol. The summed E-state index contributed by atoms with van der Waals surface area (Å²) >= 11 is 0. The lowest BCUT2D eigenvalue weighted by atomic mass is 10.0. The van der Waals surface area contributed by atoms with Gasteiger partial charge in [0.15, 0.2) is 5.79 Å². The second-order valence-electron chi connectivity index (χ2n) is 4.54. The SMILES string of the molecule is CC/C=C/C=C1/CO[C@@]2(CC[C@@H](CO)O2)[C@@H]1O. The fraction of sp³-hybridized carbons (Fsp3) is 0.692. The van der Waals surface area contributed by atoms with Crippen LogP contribution in [-0.4, -0.2) is 41.4 Å². The maximum absolute atomic E-state index is 10.2. The zero-order valence-electron chi connectivity index (χ0n) is 10.1. The van der Waals surface area contributed by atoms with Crippen LogP contribution in [-0.2, 0) is 9.47 Å². The average molecular weight is 240 g/mol. The summed E-state index contributed by atoms with van der Waals surface area (Å²) in [7, 11) is 0. The van der Waals surface area contributed by atoms with Crippen LogP contribution in [0.2, 0.25) is 0 Å². The highest BCUT2D eigenvalue weighted by Crippen LogP contribution is 2.41. The van der Waals surface area contributed by atoms with E-state index in [1.807, 2.05) is 18.2 Å². The fourth-order valence-electron chi connectivity index (χ4n) is 2.31. The number of allylic oxidation sites excluding steroid dienone is 3. The van der Waals surface area contributed by atoms with E-state index in [0.717, 1.165) is 18.4 Å². The molecule has 0 aliphatic carbocycles. The van der Waals surface area contributed by atoms with Gasteiger partial charge in [0.2, 0.25) is 0 Å². The molecule has 4 nitrogen and oxygen atoms in total. The van der Waals surface area contributed by atoms with Gasteiger partial charge in [-0.3, -0.25) is 0 Å². The zero-order chi connectivity index (χ0) is 12.3. The van der Waals surface area contributed by atoms with E-state index in [9.17, 15) is 5.11 Å². The highest BCUT2D eigenvalue weighted by molar-refractivity contribution is 5.23. The van der Waals surface area contributed by atoms with Crippen LogP contribution >= 0.6 is 0 Å². The van der Waals surface area contributed by atoms with Crippen molar-refractivity contribution in [2.24, 2.45) is 0 Å². The number of aliphatic hydroxyl groups is 2. The quantitative estimate of drug-likeness (QED) is 0.776. The third-order valence-corrected chi connectivity index (χ3v) is 3.32. The van der Waals surface area contributed by atoms with Gasteiger partial charge in [-0.15, -0.1) is 0 Å². The molecule has 0 saturated carbocycles. The van der Waals surface area contributed by atoms with Gasteiger partial charge < -0.3 is 19.7 Å². The second kappa shape index (κ2) is 5.31. The van der Waals surface area contributed by atoms with Crippen LogP contribution in [0.15, 0.2) is 23.8 Å². The molecule has 2 aliphatic heterocycles. The Labute approximate surface area is 102 Å². The van der Waals surface area contributed by atoms with Crippen LogP contribution in [0.4, 0.5) is 0 Å². The molecule has 2 fully saturated rings. The van der Waals surface area contributed by atoms with E-state index in [1.54, 1.807) is 0 Å². The highest BCUT2D eigenvalue weighted by Gasteiger charge is 2.52. The molecule has 0 bridgehead atoms. The van der Waals surface area contributed by atoms with Crippen LogP contribution < -0.4 is 0 Å². The summed E-state index contributed by atoms with van der Waals surface area (Å²) < 4.78 is 11.2. The summed E-state index contributed by atoms with van der Waals surface area (Å²) in [6, 6.07) is 0. The Hall–Kier alpha value is -0.680. The average Bonchev–Trinajstić information content (AvgIpc) is 2.89. The van der Waals surface area contributed by atoms with Crippen molar-refractivity contribution < 1.29 is 19.7 Å². The van der Waals surface area contributed by atoms with Crippen molar-refractivity contribution in [3.63, 3.8) is 0 Å². The second-order valence-corrected chi connectivity index (χ2v) is 4.54. The van der Waals surface area contributed by atoms with Crippen molar-refractivity contribution in [2.75, 3.05) is 13.2 Å². The van der Waals surface area contributed by atoms with E-state index in [1.165, 1.54) is 0 Å². The molecule has 2 heterocycles. The van der Waals surface area contributed by atoms with Crippen LogP contribution in [0.5, 0.6) is 0 Å². The maximum Gasteiger partial charge on any atom is 0.199 e. The molecular formula is C13H20O4. The summed E-state index contributed by atoms with van der Waals surface area (Å²) in [5, 5.41) is 19.3. The van der Waals surface area contributed by atoms with Crippen molar-refractivity contribution >= 4 is 0 Å². The molecule has 2 rings (SSSR count). The van der Waals surface area contributed by atoms with Gasteiger partial charge >= 0.3 is 0 Å². The number of ether oxygens (including phenoxy) is 2. The van der Waals surface area contributed by atoms with Crippen molar-refractivity contribution in [1.82, 2.24) is 0 Å². The van der Waals surface area contributed by atoms with Crippen molar-refractivity contribution in [2.45, 2.75) is 44.2 Å². The Bertz CT molecular complexity index is 323. The highest BCUT2D eigenvalue weighted by atomic mass is 16.7. The molecule has 17 heavy (non-hydrogen) atoms. The lowest BCUT2D eigenvalue weighted by molar-refractivity contribution is -0.237. The first kappa shape index (κ1) is 12.8. The molecule has 4 heteroatoms. The van der Waals surface area contributed by atoms with E-state index in [-0.39, 0.29) is 12.7 Å². The van der Waals surface area contributed by atoms with Gasteiger partial charge in [-0.2, -0.15) is 0 Å². The summed E-state index contributed by atoms with van der Waals surface area (Å²) in [5.74, 6) is -0.917. The van der Waals surface area contributed by atoms with E-state index in [0.29, 0.717) is 13.0 Å². The fourth-order valence-corrected chi connectivity index (χ4v) is 2.31. The Morgan fingerprint density at radius 1 is 1.53 bits per heavy atom. The number of hydrogen-bond acceptors (Lipinski definition) is 4. The van der Waals surface area contributed by atoms with Gasteiger partial charge in [0, 0.05) is 6.42 Å². The summed E-state index contributed by atoms with van der Waals surface area (Å²) in [6.45, 7) is 2.43. The molecular weight excluding hydrogens is 220 g/mol. The summed E-state index contributed by atoms with van der Waals surface area (Å²) in [5.41, 5.74) is 0.841. The first-order chi connectivity index (χ1) is 8.22. The normalized spacial score (nSPS) is 40.1. The Kier molecular flexibility index (Phi) is 3.99. The molecule has 2 saturated heterocycles.